The Morgan fingerprint density at radius 1 is 1.27 bits per heavy atom. The second-order valence-corrected chi connectivity index (χ2v) is 4.31. The largest absolute Gasteiger partial charge is 0.392 e. The molecule has 1 aromatic rings. The number of rotatable bonds is 2. The van der Waals surface area contributed by atoms with Gasteiger partial charge in [0.2, 0.25) is 0 Å². The minimum atomic E-state index is -0.701. The van der Waals surface area contributed by atoms with E-state index in [1.165, 1.54) is 0 Å². The van der Waals surface area contributed by atoms with E-state index in [9.17, 15) is 4.39 Å². The molecule has 15 heavy (non-hydrogen) atoms. The van der Waals surface area contributed by atoms with Gasteiger partial charge in [-0.15, -0.1) is 0 Å². The monoisotopic (exact) mass is 208 g/mol. The maximum Gasteiger partial charge on any atom is 0.107 e. The van der Waals surface area contributed by atoms with Gasteiger partial charge in [0.15, 0.2) is 0 Å². The van der Waals surface area contributed by atoms with Gasteiger partial charge in [-0.3, -0.25) is 0 Å². The van der Waals surface area contributed by atoms with Gasteiger partial charge in [-0.1, -0.05) is 37.1 Å². The first-order chi connectivity index (χ1) is 7.31. The van der Waals surface area contributed by atoms with Gasteiger partial charge in [0.1, 0.15) is 6.17 Å². The fourth-order valence-electron chi connectivity index (χ4n) is 2.38. The molecule has 0 spiro atoms. The molecule has 1 nitrogen and oxygen atoms in total. The molecule has 1 aliphatic rings. The van der Waals surface area contributed by atoms with Gasteiger partial charge in [0.05, 0.1) is 6.61 Å². The third-order valence-corrected chi connectivity index (χ3v) is 3.24. The lowest BCUT2D eigenvalue weighted by molar-refractivity contribution is 0.216. The third-order valence-electron chi connectivity index (χ3n) is 3.24. The first-order valence-corrected chi connectivity index (χ1v) is 5.65. The molecule has 0 saturated heterocycles. The maximum absolute atomic E-state index is 13.7. The molecular weight excluding hydrogens is 191 g/mol. The molecule has 0 amide bonds. The molecule has 0 aromatic heterocycles. The summed E-state index contributed by atoms with van der Waals surface area (Å²) in [4.78, 5) is 0. The van der Waals surface area contributed by atoms with E-state index >= 15 is 0 Å². The van der Waals surface area contributed by atoms with E-state index in [0.717, 1.165) is 30.4 Å². The number of aliphatic hydroxyl groups excluding tert-OH is 1. The van der Waals surface area contributed by atoms with Crippen molar-refractivity contribution in [1.29, 1.82) is 0 Å². The molecule has 2 rings (SSSR count). The van der Waals surface area contributed by atoms with Crippen LogP contribution in [-0.4, -0.2) is 11.3 Å². The van der Waals surface area contributed by atoms with Gasteiger partial charge >= 0.3 is 0 Å². The molecule has 0 heterocycles. The summed E-state index contributed by atoms with van der Waals surface area (Å²) in [7, 11) is 0. The van der Waals surface area contributed by atoms with E-state index in [4.69, 9.17) is 5.11 Å². The van der Waals surface area contributed by atoms with E-state index < -0.39 is 6.17 Å². The van der Waals surface area contributed by atoms with Crippen molar-refractivity contribution < 1.29 is 9.50 Å². The predicted octanol–water partition coefficient (Wildman–Crippen LogP) is 3.17. The van der Waals surface area contributed by atoms with E-state index in [-0.39, 0.29) is 12.5 Å². The number of benzene rings is 1. The molecular formula is C13H17FO. The van der Waals surface area contributed by atoms with Gasteiger partial charge in [-0.05, 0) is 24.0 Å². The van der Waals surface area contributed by atoms with Crippen molar-refractivity contribution >= 4 is 0 Å². The van der Waals surface area contributed by atoms with Gasteiger partial charge in [0.25, 0.3) is 0 Å². The molecule has 2 heteroatoms. The molecule has 1 saturated carbocycles. The first kappa shape index (κ1) is 10.6. The molecule has 0 aliphatic heterocycles. The lowest BCUT2D eigenvalue weighted by Gasteiger charge is -2.26. The smallest absolute Gasteiger partial charge is 0.107 e. The highest BCUT2D eigenvalue weighted by Gasteiger charge is 2.25. The maximum atomic E-state index is 13.7. The van der Waals surface area contributed by atoms with E-state index in [2.05, 4.69) is 0 Å². The summed E-state index contributed by atoms with van der Waals surface area (Å²) >= 11 is 0. The topological polar surface area (TPSA) is 20.2 Å². The molecule has 1 aliphatic carbocycles. The molecule has 1 aromatic carbocycles. The van der Waals surface area contributed by atoms with E-state index in [1.807, 2.05) is 24.3 Å². The Balaban J connectivity index is 2.19. The zero-order chi connectivity index (χ0) is 10.7. The predicted molar refractivity (Wildman–Crippen MR) is 58.5 cm³/mol. The SMILES string of the molecule is OCc1cccc(C2CCCCC2F)c1. The number of hydrogen-bond donors (Lipinski definition) is 1. The van der Waals surface area contributed by atoms with Crippen molar-refractivity contribution in [2.45, 2.75) is 44.4 Å². The van der Waals surface area contributed by atoms with Crippen LogP contribution in [0.5, 0.6) is 0 Å². The second-order valence-electron chi connectivity index (χ2n) is 4.31. The Bertz CT molecular complexity index is 324. The normalized spacial score (nSPS) is 26.5. The van der Waals surface area contributed by atoms with Crippen LogP contribution < -0.4 is 0 Å². The van der Waals surface area contributed by atoms with Crippen molar-refractivity contribution in [2.24, 2.45) is 0 Å². The number of halogens is 1. The zero-order valence-corrected chi connectivity index (χ0v) is 8.82. The van der Waals surface area contributed by atoms with Crippen molar-refractivity contribution in [3.8, 4) is 0 Å². The number of hydrogen-bond acceptors (Lipinski definition) is 1. The lowest BCUT2D eigenvalue weighted by atomic mass is 9.82. The van der Waals surface area contributed by atoms with Gasteiger partial charge in [-0.2, -0.15) is 0 Å². The molecule has 2 atom stereocenters. The summed E-state index contributed by atoms with van der Waals surface area (Å²) in [5.74, 6) is 0.0465. The van der Waals surface area contributed by atoms with Crippen LogP contribution in [0.3, 0.4) is 0 Å². The Labute approximate surface area is 89.9 Å². The Morgan fingerprint density at radius 3 is 2.80 bits per heavy atom. The zero-order valence-electron chi connectivity index (χ0n) is 8.82. The van der Waals surface area contributed by atoms with Crippen LogP contribution >= 0.6 is 0 Å². The minimum absolute atomic E-state index is 0.0392. The summed E-state index contributed by atoms with van der Waals surface area (Å²) in [6.45, 7) is 0.0392. The molecule has 2 unspecified atom stereocenters. The average Bonchev–Trinajstić information content (AvgIpc) is 2.30. The van der Waals surface area contributed by atoms with E-state index in [0.29, 0.717) is 6.42 Å². The summed E-state index contributed by atoms with van der Waals surface area (Å²) in [6.07, 6.45) is 3.06. The Kier molecular flexibility index (Phi) is 3.37. The first-order valence-electron chi connectivity index (χ1n) is 5.65. The van der Waals surface area contributed by atoms with Crippen LogP contribution in [0, 0.1) is 0 Å². The van der Waals surface area contributed by atoms with Crippen molar-refractivity contribution in [1.82, 2.24) is 0 Å². The highest BCUT2D eigenvalue weighted by atomic mass is 19.1. The van der Waals surface area contributed by atoms with Crippen LogP contribution in [-0.2, 0) is 6.61 Å². The summed E-state index contributed by atoms with van der Waals surface area (Å²) in [5, 5.41) is 9.03. The van der Waals surface area contributed by atoms with Crippen LogP contribution in [0.15, 0.2) is 24.3 Å². The molecule has 1 N–H and O–H groups in total. The Hall–Kier alpha value is -0.890. The summed E-state index contributed by atoms with van der Waals surface area (Å²) in [6, 6.07) is 7.69. The van der Waals surface area contributed by atoms with Crippen LogP contribution in [0.25, 0.3) is 0 Å². The molecule has 1 fully saturated rings. The second kappa shape index (κ2) is 4.75. The average molecular weight is 208 g/mol. The highest BCUT2D eigenvalue weighted by molar-refractivity contribution is 5.27. The van der Waals surface area contributed by atoms with E-state index in [1.54, 1.807) is 0 Å². The van der Waals surface area contributed by atoms with Gasteiger partial charge in [0, 0.05) is 5.92 Å². The standard InChI is InChI=1S/C13H17FO/c14-13-7-2-1-6-12(13)11-5-3-4-10(8-11)9-15/h3-5,8,12-13,15H,1-2,6-7,9H2. The number of alkyl halides is 1. The van der Waals surface area contributed by atoms with Gasteiger partial charge < -0.3 is 5.11 Å². The third kappa shape index (κ3) is 2.37. The van der Waals surface area contributed by atoms with Crippen molar-refractivity contribution in [3.05, 3.63) is 35.4 Å². The molecule has 0 bridgehead atoms. The van der Waals surface area contributed by atoms with Crippen molar-refractivity contribution in [2.75, 3.05) is 0 Å². The summed E-state index contributed by atoms with van der Waals surface area (Å²) in [5.41, 5.74) is 1.93. The Morgan fingerprint density at radius 2 is 2.07 bits per heavy atom. The quantitative estimate of drug-likeness (QED) is 0.791. The fourth-order valence-corrected chi connectivity index (χ4v) is 2.38. The highest BCUT2D eigenvalue weighted by Crippen LogP contribution is 2.35. The minimum Gasteiger partial charge on any atom is -0.392 e. The van der Waals surface area contributed by atoms with Crippen molar-refractivity contribution in [3.63, 3.8) is 0 Å². The van der Waals surface area contributed by atoms with Crippen LogP contribution in [0.1, 0.15) is 42.7 Å². The fraction of sp³-hybridized carbons (Fsp3) is 0.538. The molecule has 82 valence electrons. The number of aliphatic hydroxyl groups is 1. The van der Waals surface area contributed by atoms with Crippen LogP contribution in [0.2, 0.25) is 0 Å². The van der Waals surface area contributed by atoms with Gasteiger partial charge in [-0.25, -0.2) is 4.39 Å². The summed E-state index contributed by atoms with van der Waals surface area (Å²) < 4.78 is 13.7. The lowest BCUT2D eigenvalue weighted by Crippen LogP contribution is -2.18. The molecule has 0 radical (unpaired) electrons. The van der Waals surface area contributed by atoms with Crippen LogP contribution in [0.4, 0.5) is 4.39 Å².